The van der Waals surface area contributed by atoms with Crippen LogP contribution in [0.1, 0.15) is 20.7 Å². The molecule has 3 rings (SSSR count). The fraction of sp³-hybridized carbons (Fsp3) is 0.0526. The predicted molar refractivity (Wildman–Crippen MR) is 104 cm³/mol. The number of benzene rings is 2. The minimum absolute atomic E-state index is 0.0510. The van der Waals surface area contributed by atoms with E-state index in [1.54, 1.807) is 24.3 Å². The van der Waals surface area contributed by atoms with Gasteiger partial charge in [0.25, 0.3) is 21.8 Å². The van der Waals surface area contributed by atoms with Crippen LogP contribution >= 0.6 is 0 Å². The maximum Gasteiger partial charge on any atom is 0.272 e. The highest BCUT2D eigenvalue weighted by Gasteiger charge is 2.17. The summed E-state index contributed by atoms with van der Waals surface area (Å²) >= 11 is 0. The Morgan fingerprint density at radius 2 is 1.62 bits per heavy atom. The fourth-order valence-electron chi connectivity index (χ4n) is 2.33. The van der Waals surface area contributed by atoms with E-state index < -0.39 is 21.8 Å². The van der Waals surface area contributed by atoms with Crippen LogP contribution < -0.4 is 20.3 Å². The Kier molecular flexibility index (Phi) is 5.84. The van der Waals surface area contributed by atoms with Crippen molar-refractivity contribution in [1.29, 1.82) is 0 Å². The average Bonchev–Trinajstić information content (AvgIpc) is 3.27. The third-order valence-corrected chi connectivity index (χ3v) is 5.20. The normalized spacial score (nSPS) is 10.8. The number of ether oxygens (including phenoxy) is 1. The second-order valence-electron chi connectivity index (χ2n) is 5.78. The monoisotopic (exact) mass is 415 g/mol. The van der Waals surface area contributed by atoms with E-state index in [-0.39, 0.29) is 16.0 Å². The second-order valence-corrected chi connectivity index (χ2v) is 7.46. The largest absolute Gasteiger partial charge is 0.497 e. The molecule has 1 aromatic heterocycles. The lowest BCUT2D eigenvalue weighted by Crippen LogP contribution is -2.41. The summed E-state index contributed by atoms with van der Waals surface area (Å²) in [5, 5.41) is 0. The van der Waals surface area contributed by atoms with Gasteiger partial charge in [0, 0.05) is 11.3 Å². The topological polar surface area (TPSA) is 127 Å². The highest BCUT2D eigenvalue weighted by Crippen LogP contribution is 2.20. The van der Waals surface area contributed by atoms with Crippen LogP contribution in [-0.4, -0.2) is 27.3 Å². The Morgan fingerprint density at radius 3 is 2.24 bits per heavy atom. The quantitative estimate of drug-likeness (QED) is 0.530. The van der Waals surface area contributed by atoms with Crippen molar-refractivity contribution < 1.29 is 27.2 Å². The molecule has 0 saturated heterocycles. The van der Waals surface area contributed by atoms with E-state index in [0.717, 1.165) is 0 Å². The molecule has 0 fully saturated rings. The molecule has 0 saturated carbocycles. The summed E-state index contributed by atoms with van der Waals surface area (Å²) in [4.78, 5) is 24.0. The number of hydrogen-bond acceptors (Lipinski definition) is 6. The summed E-state index contributed by atoms with van der Waals surface area (Å²) in [6.45, 7) is 0. The molecule has 0 spiro atoms. The molecular weight excluding hydrogens is 398 g/mol. The van der Waals surface area contributed by atoms with Crippen LogP contribution in [-0.2, 0) is 10.0 Å². The van der Waals surface area contributed by atoms with Crippen molar-refractivity contribution in [2.45, 2.75) is 4.90 Å². The molecule has 0 aliphatic rings. The zero-order chi connectivity index (χ0) is 20.9. The third kappa shape index (κ3) is 4.93. The maximum atomic E-state index is 12.6. The summed E-state index contributed by atoms with van der Waals surface area (Å²) in [6.07, 6.45) is 2.54. The first-order valence-electron chi connectivity index (χ1n) is 8.29. The van der Waals surface area contributed by atoms with Gasteiger partial charge >= 0.3 is 0 Å². The molecule has 10 heteroatoms. The fourth-order valence-corrected chi connectivity index (χ4v) is 3.43. The number of hydrogen-bond donors (Lipinski definition) is 3. The van der Waals surface area contributed by atoms with Gasteiger partial charge in [-0.1, -0.05) is 6.07 Å². The molecule has 0 bridgehead atoms. The highest BCUT2D eigenvalue weighted by atomic mass is 32.2. The van der Waals surface area contributed by atoms with Crippen molar-refractivity contribution in [2.75, 3.05) is 11.8 Å². The summed E-state index contributed by atoms with van der Waals surface area (Å²) in [5.41, 5.74) is 5.05. The lowest BCUT2D eigenvalue weighted by Gasteiger charge is -2.10. The predicted octanol–water partition coefficient (Wildman–Crippen LogP) is 2.16. The number of amides is 2. The van der Waals surface area contributed by atoms with Gasteiger partial charge in [-0.25, -0.2) is 8.42 Å². The number of furan rings is 1. The Morgan fingerprint density at radius 1 is 0.931 bits per heavy atom. The molecule has 29 heavy (non-hydrogen) atoms. The van der Waals surface area contributed by atoms with Crippen LogP contribution in [0.15, 0.2) is 76.4 Å². The Labute approximate surface area is 166 Å². The molecule has 0 aliphatic heterocycles. The van der Waals surface area contributed by atoms with Gasteiger partial charge in [-0.05, 0) is 48.5 Å². The number of hydrazine groups is 1. The first kappa shape index (κ1) is 20.0. The number of rotatable bonds is 6. The van der Waals surface area contributed by atoms with Crippen molar-refractivity contribution in [1.82, 2.24) is 10.9 Å². The van der Waals surface area contributed by atoms with Gasteiger partial charge in [-0.3, -0.25) is 25.2 Å². The van der Waals surface area contributed by atoms with Crippen LogP contribution in [0.2, 0.25) is 0 Å². The number of nitrogens with one attached hydrogen (secondary N) is 3. The molecule has 9 nitrogen and oxygen atoms in total. The first-order valence-corrected chi connectivity index (χ1v) is 9.77. The van der Waals surface area contributed by atoms with Gasteiger partial charge in [0.2, 0.25) is 0 Å². The molecule has 0 atom stereocenters. The molecule has 0 aliphatic carbocycles. The minimum atomic E-state index is -3.93. The summed E-state index contributed by atoms with van der Waals surface area (Å²) in [6, 6.07) is 13.2. The van der Waals surface area contributed by atoms with Crippen LogP contribution in [0.25, 0.3) is 0 Å². The summed E-state index contributed by atoms with van der Waals surface area (Å²) < 4.78 is 37.4. The zero-order valence-corrected chi connectivity index (χ0v) is 16.0. The number of carbonyl (C=O) groups is 2. The van der Waals surface area contributed by atoms with Gasteiger partial charge in [0.1, 0.15) is 12.0 Å². The van der Waals surface area contributed by atoms with E-state index in [0.29, 0.717) is 11.4 Å². The second kappa shape index (κ2) is 8.48. The molecule has 0 radical (unpaired) electrons. The number of sulfonamides is 1. The standard InChI is InChI=1S/C19H17N3O6S/c1-27-16-7-5-15(6-8-16)22-29(25,26)17-4-2-3-13(11-17)18(23)20-21-19(24)14-9-10-28-12-14/h2-12,22H,1H3,(H,20,23)(H,21,24). The van der Waals surface area contributed by atoms with Crippen molar-refractivity contribution in [3.05, 3.63) is 78.3 Å². The lowest BCUT2D eigenvalue weighted by atomic mass is 10.2. The molecule has 3 N–H and O–H groups in total. The molecule has 2 aromatic carbocycles. The molecule has 1 heterocycles. The number of anilines is 1. The SMILES string of the molecule is COc1ccc(NS(=O)(=O)c2cccc(C(=O)NNC(=O)c3ccoc3)c2)cc1. The van der Waals surface area contributed by atoms with E-state index >= 15 is 0 Å². The molecule has 0 unspecified atom stereocenters. The molecule has 150 valence electrons. The van der Waals surface area contributed by atoms with Crippen molar-refractivity contribution in [2.24, 2.45) is 0 Å². The Balaban J connectivity index is 1.70. The minimum Gasteiger partial charge on any atom is -0.497 e. The van der Waals surface area contributed by atoms with Crippen LogP contribution in [0.5, 0.6) is 5.75 Å². The zero-order valence-electron chi connectivity index (χ0n) is 15.2. The van der Waals surface area contributed by atoms with Gasteiger partial charge < -0.3 is 9.15 Å². The van der Waals surface area contributed by atoms with E-state index in [4.69, 9.17) is 9.15 Å². The van der Waals surface area contributed by atoms with E-state index in [2.05, 4.69) is 15.6 Å². The van der Waals surface area contributed by atoms with Crippen molar-refractivity contribution in [3.63, 3.8) is 0 Å². The average molecular weight is 415 g/mol. The van der Waals surface area contributed by atoms with Gasteiger partial charge in [-0.2, -0.15) is 0 Å². The van der Waals surface area contributed by atoms with Crippen molar-refractivity contribution >= 4 is 27.5 Å². The van der Waals surface area contributed by atoms with Gasteiger partial charge in [0.05, 0.1) is 23.8 Å². The summed E-state index contributed by atoms with van der Waals surface area (Å²) in [5.74, 6) is -0.663. The van der Waals surface area contributed by atoms with Gasteiger partial charge in [0.15, 0.2) is 0 Å². The van der Waals surface area contributed by atoms with Crippen LogP contribution in [0.4, 0.5) is 5.69 Å². The van der Waals surface area contributed by atoms with E-state index in [1.807, 2.05) is 0 Å². The molecule has 2 amide bonds. The van der Waals surface area contributed by atoms with E-state index in [1.165, 1.54) is 50.0 Å². The van der Waals surface area contributed by atoms with Crippen LogP contribution in [0, 0.1) is 0 Å². The van der Waals surface area contributed by atoms with Crippen molar-refractivity contribution in [3.8, 4) is 5.75 Å². The highest BCUT2D eigenvalue weighted by molar-refractivity contribution is 7.92. The Hall–Kier alpha value is -3.79. The smallest absolute Gasteiger partial charge is 0.272 e. The maximum absolute atomic E-state index is 12.6. The number of carbonyl (C=O) groups excluding carboxylic acids is 2. The summed E-state index contributed by atoms with van der Waals surface area (Å²) in [7, 11) is -2.42. The van der Waals surface area contributed by atoms with E-state index in [9.17, 15) is 18.0 Å². The Bertz CT molecular complexity index is 1110. The third-order valence-electron chi connectivity index (χ3n) is 3.82. The number of methoxy groups -OCH3 is 1. The molecular formula is C19H17N3O6S. The van der Waals surface area contributed by atoms with Gasteiger partial charge in [-0.15, -0.1) is 0 Å². The first-order chi connectivity index (χ1) is 13.9. The lowest BCUT2D eigenvalue weighted by molar-refractivity contribution is 0.0846. The van der Waals surface area contributed by atoms with Crippen LogP contribution in [0.3, 0.4) is 0 Å². The molecule has 3 aromatic rings.